The first kappa shape index (κ1) is 19.4. The summed E-state index contributed by atoms with van der Waals surface area (Å²) in [7, 11) is -1.67. The first-order valence-electron chi connectivity index (χ1n) is 8.89. The zero-order chi connectivity index (χ0) is 20.6. The molecular formula is C23H18O4S2. The van der Waals surface area contributed by atoms with Crippen LogP contribution in [-0.4, -0.2) is 21.8 Å². The summed E-state index contributed by atoms with van der Waals surface area (Å²) >= 11 is 5.83. The van der Waals surface area contributed by atoms with E-state index in [0.29, 0.717) is 21.6 Å². The Bertz CT molecular complexity index is 1370. The van der Waals surface area contributed by atoms with Gasteiger partial charge in [-0.1, -0.05) is 36.5 Å². The van der Waals surface area contributed by atoms with Crippen LogP contribution in [0.25, 0.3) is 33.4 Å². The Hall–Kier alpha value is -2.96. The number of sulfone groups is 1. The van der Waals surface area contributed by atoms with Crippen molar-refractivity contribution < 1.29 is 17.6 Å². The normalized spacial score (nSPS) is 11.5. The van der Waals surface area contributed by atoms with Crippen LogP contribution >= 0.6 is 12.2 Å². The van der Waals surface area contributed by atoms with Gasteiger partial charge in [0.15, 0.2) is 9.84 Å². The molecule has 1 aromatic heterocycles. The van der Waals surface area contributed by atoms with Gasteiger partial charge in [0.2, 0.25) is 0 Å². The maximum absolute atomic E-state index is 11.8. The van der Waals surface area contributed by atoms with Crippen molar-refractivity contribution in [3.63, 3.8) is 0 Å². The van der Waals surface area contributed by atoms with Crippen LogP contribution in [0, 0.1) is 4.51 Å². The number of hydrogen-bond donors (Lipinski definition) is 0. The lowest BCUT2D eigenvalue weighted by atomic mass is 9.98. The van der Waals surface area contributed by atoms with Crippen molar-refractivity contribution in [1.29, 1.82) is 0 Å². The average Bonchev–Trinajstić information content (AvgIpc) is 2.73. The van der Waals surface area contributed by atoms with E-state index in [-0.39, 0.29) is 4.90 Å². The van der Waals surface area contributed by atoms with Gasteiger partial charge in [-0.3, -0.25) is 0 Å². The molecule has 3 aromatic carbocycles. The Morgan fingerprint density at radius 2 is 1.62 bits per heavy atom. The van der Waals surface area contributed by atoms with Gasteiger partial charge in [0.25, 0.3) is 0 Å². The molecule has 0 atom stereocenters. The summed E-state index contributed by atoms with van der Waals surface area (Å²) in [6.07, 6.45) is 1.19. The second kappa shape index (κ2) is 7.46. The third kappa shape index (κ3) is 3.69. The van der Waals surface area contributed by atoms with E-state index < -0.39 is 9.84 Å². The quantitative estimate of drug-likeness (QED) is 0.383. The van der Waals surface area contributed by atoms with Crippen LogP contribution in [0.2, 0.25) is 0 Å². The molecule has 0 aliphatic rings. The van der Waals surface area contributed by atoms with Gasteiger partial charge in [0.05, 0.1) is 16.5 Å². The second-order valence-electron chi connectivity index (χ2n) is 6.66. The summed E-state index contributed by atoms with van der Waals surface area (Å²) in [4.78, 5) is 0.253. The van der Waals surface area contributed by atoms with Gasteiger partial charge in [-0.15, -0.1) is 0 Å². The van der Waals surface area contributed by atoms with Crippen molar-refractivity contribution >= 4 is 33.0 Å². The monoisotopic (exact) mass is 422 g/mol. The molecule has 0 saturated carbocycles. The summed E-state index contributed by atoms with van der Waals surface area (Å²) < 4.78 is 35.9. The number of para-hydroxylation sites is 1. The molecule has 0 aliphatic carbocycles. The van der Waals surface area contributed by atoms with Crippen LogP contribution in [0.15, 0.2) is 82.1 Å². The maximum Gasteiger partial charge on any atom is 0.175 e. The molecule has 0 saturated heterocycles. The Labute approximate surface area is 174 Å². The Balaban J connectivity index is 2.03. The van der Waals surface area contributed by atoms with Crippen LogP contribution in [0.5, 0.6) is 5.75 Å². The summed E-state index contributed by atoms with van der Waals surface area (Å²) in [5.41, 5.74) is 3.05. The zero-order valence-corrected chi connectivity index (χ0v) is 17.5. The minimum Gasteiger partial charge on any atom is -0.497 e. The van der Waals surface area contributed by atoms with E-state index >= 15 is 0 Å². The van der Waals surface area contributed by atoms with Crippen LogP contribution < -0.4 is 4.74 Å². The fraction of sp³-hybridized carbons (Fsp3) is 0.0870. The van der Waals surface area contributed by atoms with Gasteiger partial charge in [-0.25, -0.2) is 8.42 Å². The van der Waals surface area contributed by atoms with Gasteiger partial charge < -0.3 is 9.15 Å². The summed E-state index contributed by atoms with van der Waals surface area (Å²) in [6.45, 7) is 0. The molecule has 6 heteroatoms. The van der Waals surface area contributed by atoms with Gasteiger partial charge in [0, 0.05) is 22.8 Å². The van der Waals surface area contributed by atoms with E-state index in [1.54, 1.807) is 31.4 Å². The van der Waals surface area contributed by atoms with E-state index in [0.717, 1.165) is 22.1 Å². The van der Waals surface area contributed by atoms with Crippen molar-refractivity contribution in [2.75, 3.05) is 13.4 Å². The highest BCUT2D eigenvalue weighted by Crippen LogP contribution is 2.38. The molecule has 0 radical (unpaired) electrons. The minimum atomic E-state index is -3.28. The van der Waals surface area contributed by atoms with Crippen LogP contribution in [0.1, 0.15) is 0 Å². The maximum atomic E-state index is 11.8. The van der Waals surface area contributed by atoms with Crippen molar-refractivity contribution in [2.24, 2.45) is 0 Å². The Morgan fingerprint density at radius 1 is 0.897 bits per heavy atom. The van der Waals surface area contributed by atoms with Crippen molar-refractivity contribution in [3.8, 4) is 28.2 Å². The molecular weight excluding hydrogens is 404 g/mol. The number of benzene rings is 3. The van der Waals surface area contributed by atoms with Crippen LogP contribution in [-0.2, 0) is 9.84 Å². The van der Waals surface area contributed by atoms with Crippen molar-refractivity contribution in [2.45, 2.75) is 4.90 Å². The van der Waals surface area contributed by atoms with Crippen molar-refractivity contribution in [1.82, 2.24) is 0 Å². The van der Waals surface area contributed by atoms with Crippen molar-refractivity contribution in [3.05, 3.63) is 77.3 Å². The fourth-order valence-electron chi connectivity index (χ4n) is 3.24. The van der Waals surface area contributed by atoms with Crippen LogP contribution in [0.4, 0.5) is 0 Å². The predicted molar refractivity (Wildman–Crippen MR) is 118 cm³/mol. The molecule has 29 heavy (non-hydrogen) atoms. The molecule has 0 N–H and O–H groups in total. The van der Waals surface area contributed by atoms with E-state index in [1.807, 2.05) is 48.5 Å². The second-order valence-corrected chi connectivity index (χ2v) is 9.08. The molecule has 4 nitrogen and oxygen atoms in total. The van der Waals surface area contributed by atoms with Gasteiger partial charge >= 0.3 is 0 Å². The number of methoxy groups -OCH3 is 1. The van der Waals surface area contributed by atoms with Gasteiger partial charge in [-0.05, 0) is 54.1 Å². The topological polar surface area (TPSA) is 56.5 Å². The minimum absolute atomic E-state index is 0.253. The Kier molecular flexibility index (Phi) is 4.98. The van der Waals surface area contributed by atoms with E-state index in [4.69, 9.17) is 21.4 Å². The van der Waals surface area contributed by atoms with Gasteiger partial charge in [0.1, 0.15) is 17.1 Å². The molecule has 0 aliphatic heterocycles. The lowest BCUT2D eigenvalue weighted by Crippen LogP contribution is -1.96. The van der Waals surface area contributed by atoms with E-state index in [9.17, 15) is 8.42 Å². The molecule has 1 heterocycles. The number of rotatable bonds is 4. The Morgan fingerprint density at radius 3 is 2.31 bits per heavy atom. The van der Waals surface area contributed by atoms with Gasteiger partial charge in [-0.2, -0.15) is 0 Å². The van der Waals surface area contributed by atoms with Crippen LogP contribution in [0.3, 0.4) is 0 Å². The standard InChI is InChI=1S/C23H18O4S2/c1-26-17-7-5-6-16(14-17)21-22(15-10-12-18(13-11-15)29(2,24)25)27-20-9-4-3-8-19(20)23(21)28/h3-14H,1-2H3. The predicted octanol–water partition coefficient (Wildman–Crippen LogP) is 5.91. The highest BCUT2D eigenvalue weighted by Gasteiger charge is 2.17. The average molecular weight is 423 g/mol. The molecule has 4 aromatic rings. The zero-order valence-electron chi connectivity index (χ0n) is 15.9. The number of fused-ring (bicyclic) bond motifs is 1. The third-order valence-corrected chi connectivity index (χ3v) is 6.25. The third-order valence-electron chi connectivity index (χ3n) is 4.70. The molecule has 146 valence electrons. The largest absolute Gasteiger partial charge is 0.497 e. The van der Waals surface area contributed by atoms with E-state index in [1.165, 1.54) is 6.26 Å². The molecule has 0 amide bonds. The summed E-state index contributed by atoms with van der Waals surface area (Å²) in [5, 5.41) is 0.844. The first-order chi connectivity index (χ1) is 13.9. The van der Waals surface area contributed by atoms with E-state index in [2.05, 4.69) is 0 Å². The smallest absolute Gasteiger partial charge is 0.175 e. The molecule has 0 fully saturated rings. The number of ether oxygens (including phenoxy) is 1. The fourth-order valence-corrected chi connectivity index (χ4v) is 4.25. The number of hydrogen-bond acceptors (Lipinski definition) is 5. The highest BCUT2D eigenvalue weighted by molar-refractivity contribution is 7.90. The summed E-state index contributed by atoms with van der Waals surface area (Å²) in [6, 6.07) is 21.9. The molecule has 0 spiro atoms. The molecule has 4 rings (SSSR count). The lowest BCUT2D eigenvalue weighted by molar-refractivity contribution is 0.415. The lowest BCUT2D eigenvalue weighted by Gasteiger charge is -2.13. The molecule has 0 unspecified atom stereocenters. The molecule has 0 bridgehead atoms. The SMILES string of the molecule is COc1cccc(-c2c(-c3ccc(S(C)(=O)=O)cc3)oc3ccccc3c2=S)c1. The highest BCUT2D eigenvalue weighted by atomic mass is 32.2. The first-order valence-corrected chi connectivity index (χ1v) is 11.2. The summed E-state index contributed by atoms with van der Waals surface area (Å²) in [5.74, 6) is 1.30.